The van der Waals surface area contributed by atoms with Crippen molar-refractivity contribution in [3.8, 4) is 0 Å². The molecule has 1 aromatic rings. The average Bonchev–Trinajstić information content (AvgIpc) is 2.55. The Kier molecular flexibility index (Phi) is 4.11. The largest absolute Gasteiger partial charge is 0.350 e. The highest BCUT2D eigenvalue weighted by atomic mass is 16.1. The number of benzene rings is 1. The van der Waals surface area contributed by atoms with Crippen LogP contribution in [0, 0.1) is 5.92 Å². The minimum atomic E-state index is 0.0468. The molecule has 1 amide bonds. The van der Waals surface area contributed by atoms with Gasteiger partial charge in [-0.1, -0.05) is 36.4 Å². The molecule has 3 fully saturated rings. The van der Waals surface area contributed by atoms with Gasteiger partial charge in [-0.05, 0) is 37.2 Å². The number of carbonyl (C=O) groups excluding carboxylic acids is 1. The summed E-state index contributed by atoms with van der Waals surface area (Å²) in [5, 5.41) is 3.12. The van der Waals surface area contributed by atoms with Crippen LogP contribution in [0.4, 0.5) is 0 Å². The van der Waals surface area contributed by atoms with Crippen LogP contribution in [0.3, 0.4) is 0 Å². The van der Waals surface area contributed by atoms with Crippen molar-refractivity contribution >= 4 is 6.41 Å². The second kappa shape index (κ2) is 6.02. The van der Waals surface area contributed by atoms with Gasteiger partial charge in [-0.2, -0.15) is 0 Å². The molecule has 1 N–H and O–H groups in total. The number of carbonyl (C=O) groups is 1. The SMILES string of the molecule is C=CCN1CC2CCC1([C@H](NC=O)c1ccccc1)CC2. The van der Waals surface area contributed by atoms with Crippen molar-refractivity contribution in [2.24, 2.45) is 5.92 Å². The van der Waals surface area contributed by atoms with E-state index in [1.165, 1.54) is 18.4 Å². The Morgan fingerprint density at radius 1 is 1.33 bits per heavy atom. The molecule has 4 rings (SSSR count). The van der Waals surface area contributed by atoms with Crippen LogP contribution in [0.25, 0.3) is 0 Å². The Labute approximate surface area is 127 Å². The fourth-order valence-electron chi connectivity index (χ4n) is 4.33. The Morgan fingerprint density at radius 3 is 2.67 bits per heavy atom. The van der Waals surface area contributed by atoms with Gasteiger partial charge in [-0.3, -0.25) is 9.69 Å². The molecule has 0 spiro atoms. The zero-order valence-electron chi connectivity index (χ0n) is 12.5. The van der Waals surface area contributed by atoms with Crippen molar-refractivity contribution in [2.45, 2.75) is 37.3 Å². The zero-order valence-corrected chi connectivity index (χ0v) is 12.5. The molecule has 1 saturated carbocycles. The highest BCUT2D eigenvalue weighted by Crippen LogP contribution is 2.49. The number of nitrogens with one attached hydrogen (secondary N) is 1. The number of piperidine rings is 2. The van der Waals surface area contributed by atoms with E-state index in [1.807, 2.05) is 12.1 Å². The van der Waals surface area contributed by atoms with Gasteiger partial charge in [0.2, 0.25) is 6.41 Å². The third-order valence-electron chi connectivity index (χ3n) is 5.33. The summed E-state index contributed by atoms with van der Waals surface area (Å²) in [5.74, 6) is 0.819. The molecule has 2 saturated heterocycles. The number of rotatable bonds is 6. The van der Waals surface area contributed by atoms with E-state index in [9.17, 15) is 4.79 Å². The summed E-state index contributed by atoms with van der Waals surface area (Å²) in [6.07, 6.45) is 7.72. The standard InChI is InChI=1S/C18H24N2O/c1-2-12-20-13-15-8-10-18(20,11-9-15)17(19-14-21)16-6-4-3-5-7-16/h2-7,14-15,17H,1,8-13H2,(H,19,21)/t15?,17-,18?/m1/s1. The summed E-state index contributed by atoms with van der Waals surface area (Å²) < 4.78 is 0. The second-order valence-corrected chi connectivity index (χ2v) is 6.37. The third-order valence-corrected chi connectivity index (χ3v) is 5.33. The molecular weight excluding hydrogens is 260 g/mol. The molecule has 2 aliphatic heterocycles. The van der Waals surface area contributed by atoms with E-state index in [-0.39, 0.29) is 11.6 Å². The van der Waals surface area contributed by atoms with Crippen molar-refractivity contribution in [3.05, 3.63) is 48.6 Å². The van der Waals surface area contributed by atoms with Crippen molar-refractivity contribution in [1.29, 1.82) is 0 Å². The molecule has 0 radical (unpaired) electrons. The smallest absolute Gasteiger partial charge is 0.207 e. The van der Waals surface area contributed by atoms with Gasteiger partial charge in [0.25, 0.3) is 0 Å². The van der Waals surface area contributed by atoms with Crippen LogP contribution in [0.15, 0.2) is 43.0 Å². The van der Waals surface area contributed by atoms with Crippen LogP contribution in [0.5, 0.6) is 0 Å². The van der Waals surface area contributed by atoms with Gasteiger partial charge >= 0.3 is 0 Å². The molecule has 0 unspecified atom stereocenters. The van der Waals surface area contributed by atoms with Crippen molar-refractivity contribution in [3.63, 3.8) is 0 Å². The van der Waals surface area contributed by atoms with E-state index < -0.39 is 0 Å². The molecule has 0 aromatic heterocycles. The Morgan fingerprint density at radius 2 is 2.05 bits per heavy atom. The minimum Gasteiger partial charge on any atom is -0.350 e. The normalized spacial score (nSPS) is 29.8. The number of fused-ring (bicyclic) bond motifs is 3. The Hall–Kier alpha value is -1.61. The summed E-state index contributed by atoms with van der Waals surface area (Å²) in [6, 6.07) is 10.5. The molecule has 1 aliphatic carbocycles. The second-order valence-electron chi connectivity index (χ2n) is 6.37. The number of hydrogen-bond donors (Lipinski definition) is 1. The van der Waals surface area contributed by atoms with E-state index in [2.05, 4.69) is 41.1 Å². The van der Waals surface area contributed by atoms with Crippen LogP contribution in [-0.4, -0.2) is 29.9 Å². The van der Waals surface area contributed by atoms with Gasteiger partial charge in [0, 0.05) is 18.6 Å². The van der Waals surface area contributed by atoms with Gasteiger partial charge < -0.3 is 5.32 Å². The van der Waals surface area contributed by atoms with E-state index in [0.717, 1.165) is 38.3 Å². The van der Waals surface area contributed by atoms with Crippen molar-refractivity contribution in [2.75, 3.05) is 13.1 Å². The number of hydrogen-bond acceptors (Lipinski definition) is 2. The lowest BCUT2D eigenvalue weighted by atomic mass is 9.65. The minimum absolute atomic E-state index is 0.0468. The van der Waals surface area contributed by atoms with Gasteiger partial charge in [0.05, 0.1) is 6.04 Å². The molecule has 2 bridgehead atoms. The molecule has 3 heteroatoms. The van der Waals surface area contributed by atoms with Crippen LogP contribution < -0.4 is 5.32 Å². The van der Waals surface area contributed by atoms with Gasteiger partial charge in [0.15, 0.2) is 0 Å². The van der Waals surface area contributed by atoms with Crippen molar-refractivity contribution < 1.29 is 4.79 Å². The Bertz CT molecular complexity index is 491. The lowest BCUT2D eigenvalue weighted by Gasteiger charge is -2.57. The molecular formula is C18H24N2O. The first kappa shape index (κ1) is 14.3. The third kappa shape index (κ3) is 2.51. The number of amides is 1. The fourth-order valence-corrected chi connectivity index (χ4v) is 4.33. The average molecular weight is 284 g/mol. The van der Waals surface area contributed by atoms with Crippen molar-refractivity contribution in [1.82, 2.24) is 10.2 Å². The fraction of sp³-hybridized carbons (Fsp3) is 0.500. The van der Waals surface area contributed by atoms with E-state index in [4.69, 9.17) is 0 Å². The van der Waals surface area contributed by atoms with Crippen LogP contribution in [0.1, 0.15) is 37.3 Å². The monoisotopic (exact) mass is 284 g/mol. The molecule has 1 aromatic carbocycles. The van der Waals surface area contributed by atoms with Gasteiger partial charge in [-0.15, -0.1) is 6.58 Å². The zero-order chi connectivity index (χ0) is 14.7. The molecule has 2 heterocycles. The predicted octanol–water partition coefficient (Wildman–Crippen LogP) is 2.90. The van der Waals surface area contributed by atoms with Gasteiger partial charge in [-0.25, -0.2) is 0 Å². The maximum absolute atomic E-state index is 11.2. The maximum Gasteiger partial charge on any atom is 0.207 e. The molecule has 1 atom stereocenters. The molecule has 112 valence electrons. The van der Waals surface area contributed by atoms with E-state index >= 15 is 0 Å². The predicted molar refractivity (Wildman–Crippen MR) is 84.8 cm³/mol. The lowest BCUT2D eigenvalue weighted by Crippen LogP contribution is -2.63. The summed E-state index contributed by atoms with van der Waals surface area (Å²) in [5.41, 5.74) is 1.25. The summed E-state index contributed by atoms with van der Waals surface area (Å²) in [6.45, 7) is 5.95. The highest BCUT2D eigenvalue weighted by Gasteiger charge is 2.50. The quantitative estimate of drug-likeness (QED) is 0.643. The molecule has 3 nitrogen and oxygen atoms in total. The van der Waals surface area contributed by atoms with E-state index in [0.29, 0.717) is 0 Å². The lowest BCUT2D eigenvalue weighted by molar-refractivity contribution is -0.113. The van der Waals surface area contributed by atoms with E-state index in [1.54, 1.807) is 0 Å². The maximum atomic E-state index is 11.2. The summed E-state index contributed by atoms with van der Waals surface area (Å²) in [7, 11) is 0. The van der Waals surface area contributed by atoms with Gasteiger partial charge in [0.1, 0.15) is 0 Å². The summed E-state index contributed by atoms with van der Waals surface area (Å²) in [4.78, 5) is 13.8. The first-order valence-electron chi connectivity index (χ1n) is 7.91. The number of nitrogens with zero attached hydrogens (tertiary/aromatic N) is 1. The first-order valence-corrected chi connectivity index (χ1v) is 7.91. The molecule has 21 heavy (non-hydrogen) atoms. The topological polar surface area (TPSA) is 32.3 Å². The molecule has 3 aliphatic rings. The van der Waals surface area contributed by atoms with Crippen LogP contribution in [-0.2, 0) is 4.79 Å². The highest BCUT2D eigenvalue weighted by molar-refractivity contribution is 5.49. The Balaban J connectivity index is 1.98. The first-order chi connectivity index (χ1) is 10.3. The van der Waals surface area contributed by atoms with Crippen LogP contribution in [0.2, 0.25) is 0 Å². The summed E-state index contributed by atoms with van der Waals surface area (Å²) >= 11 is 0. The van der Waals surface area contributed by atoms with Crippen LogP contribution >= 0.6 is 0 Å².